The molecule has 0 fully saturated rings. The molecule has 3 rings (SSSR count). The van der Waals surface area contributed by atoms with Crippen LogP contribution >= 0.6 is 0 Å². The molecular weight excluding hydrogens is 355 g/mol. The van der Waals surface area contributed by atoms with Crippen molar-refractivity contribution in [2.24, 2.45) is 5.16 Å². The SMILES string of the molecule is CN(C)c1ccc(C2=NO[C@@H](CNCc3ccc(C(F)(F)F)cc3)C2)cc1. The van der Waals surface area contributed by atoms with E-state index in [1.54, 1.807) is 0 Å². The van der Waals surface area contributed by atoms with Crippen molar-refractivity contribution < 1.29 is 18.0 Å². The molecular formula is C20H22F3N3O. The maximum Gasteiger partial charge on any atom is 0.416 e. The number of oxime groups is 1. The van der Waals surface area contributed by atoms with Gasteiger partial charge in [0.15, 0.2) is 0 Å². The van der Waals surface area contributed by atoms with E-state index in [-0.39, 0.29) is 6.10 Å². The summed E-state index contributed by atoms with van der Waals surface area (Å²) in [6.45, 7) is 1.05. The molecule has 27 heavy (non-hydrogen) atoms. The summed E-state index contributed by atoms with van der Waals surface area (Å²) in [6.07, 6.45) is -3.69. The summed E-state index contributed by atoms with van der Waals surface area (Å²) >= 11 is 0. The van der Waals surface area contributed by atoms with Crippen LogP contribution < -0.4 is 10.2 Å². The van der Waals surface area contributed by atoms with Crippen molar-refractivity contribution in [3.05, 3.63) is 65.2 Å². The molecule has 0 radical (unpaired) electrons. The summed E-state index contributed by atoms with van der Waals surface area (Å²) in [7, 11) is 3.98. The Morgan fingerprint density at radius 2 is 1.74 bits per heavy atom. The number of nitrogens with zero attached hydrogens (tertiary/aromatic N) is 2. The second-order valence-corrected chi connectivity index (χ2v) is 6.74. The summed E-state index contributed by atoms with van der Waals surface area (Å²) in [4.78, 5) is 7.50. The minimum absolute atomic E-state index is 0.0806. The van der Waals surface area contributed by atoms with E-state index >= 15 is 0 Å². The Bertz CT molecular complexity index is 784. The fourth-order valence-corrected chi connectivity index (χ4v) is 2.85. The van der Waals surface area contributed by atoms with Crippen LogP contribution in [0.5, 0.6) is 0 Å². The minimum atomic E-state index is -4.30. The Morgan fingerprint density at radius 3 is 2.33 bits per heavy atom. The molecule has 0 aromatic heterocycles. The zero-order valence-corrected chi connectivity index (χ0v) is 15.3. The van der Waals surface area contributed by atoms with E-state index in [9.17, 15) is 13.2 Å². The first kappa shape index (κ1) is 19.2. The summed E-state index contributed by atoms with van der Waals surface area (Å²) in [5, 5.41) is 7.38. The van der Waals surface area contributed by atoms with Crippen molar-refractivity contribution in [1.29, 1.82) is 0 Å². The maximum atomic E-state index is 12.6. The zero-order chi connectivity index (χ0) is 19.4. The lowest BCUT2D eigenvalue weighted by molar-refractivity contribution is -0.137. The van der Waals surface area contributed by atoms with Crippen LogP contribution in [-0.2, 0) is 17.6 Å². The molecule has 0 unspecified atom stereocenters. The number of benzene rings is 2. The first-order valence-corrected chi connectivity index (χ1v) is 8.70. The van der Waals surface area contributed by atoms with E-state index < -0.39 is 11.7 Å². The summed E-state index contributed by atoms with van der Waals surface area (Å²) in [5.41, 5.74) is 3.21. The highest BCUT2D eigenvalue weighted by atomic mass is 19.4. The monoisotopic (exact) mass is 377 g/mol. The third-order valence-corrected chi connectivity index (χ3v) is 4.43. The molecule has 2 aromatic carbocycles. The third kappa shape index (κ3) is 5.01. The lowest BCUT2D eigenvalue weighted by Crippen LogP contribution is -2.26. The molecule has 1 N–H and O–H groups in total. The molecule has 1 heterocycles. The van der Waals surface area contributed by atoms with Crippen molar-refractivity contribution in [3.63, 3.8) is 0 Å². The fourth-order valence-electron chi connectivity index (χ4n) is 2.85. The van der Waals surface area contributed by atoms with Gasteiger partial charge in [0, 0.05) is 39.3 Å². The van der Waals surface area contributed by atoms with Crippen molar-refractivity contribution in [3.8, 4) is 0 Å². The molecule has 144 valence electrons. The smallest absolute Gasteiger partial charge is 0.390 e. The second-order valence-electron chi connectivity index (χ2n) is 6.74. The fraction of sp³-hybridized carbons (Fsp3) is 0.350. The predicted molar refractivity (Wildman–Crippen MR) is 99.9 cm³/mol. The lowest BCUT2D eigenvalue weighted by Gasteiger charge is -2.12. The highest BCUT2D eigenvalue weighted by molar-refractivity contribution is 6.01. The quantitative estimate of drug-likeness (QED) is 0.825. The number of hydrogen-bond acceptors (Lipinski definition) is 4. The number of anilines is 1. The van der Waals surface area contributed by atoms with Gasteiger partial charge in [-0.05, 0) is 35.4 Å². The first-order valence-electron chi connectivity index (χ1n) is 8.70. The standard InChI is InChI=1S/C20H22F3N3O/c1-26(2)17-9-5-15(6-10-17)19-11-18(27-25-19)13-24-12-14-3-7-16(8-4-14)20(21,22)23/h3-10,18,24H,11-13H2,1-2H3/t18-/m1/s1. The van der Waals surface area contributed by atoms with Gasteiger partial charge in [-0.15, -0.1) is 0 Å². The third-order valence-electron chi connectivity index (χ3n) is 4.43. The molecule has 0 saturated heterocycles. The Labute approximate surface area is 156 Å². The maximum absolute atomic E-state index is 12.6. The van der Waals surface area contributed by atoms with Gasteiger partial charge in [-0.2, -0.15) is 13.2 Å². The topological polar surface area (TPSA) is 36.9 Å². The van der Waals surface area contributed by atoms with E-state index in [2.05, 4.69) is 10.5 Å². The first-order chi connectivity index (χ1) is 12.8. The average Bonchev–Trinajstić information content (AvgIpc) is 3.10. The summed E-state index contributed by atoms with van der Waals surface area (Å²) in [6, 6.07) is 13.3. The van der Waals surface area contributed by atoms with Crippen LogP contribution in [0.3, 0.4) is 0 Å². The molecule has 0 saturated carbocycles. The van der Waals surface area contributed by atoms with Crippen molar-refractivity contribution >= 4 is 11.4 Å². The number of nitrogens with one attached hydrogen (secondary N) is 1. The van der Waals surface area contributed by atoms with E-state index in [1.807, 2.05) is 43.3 Å². The van der Waals surface area contributed by atoms with Gasteiger partial charge in [0.1, 0.15) is 6.10 Å². The Morgan fingerprint density at radius 1 is 1.07 bits per heavy atom. The van der Waals surface area contributed by atoms with Gasteiger partial charge in [-0.1, -0.05) is 29.4 Å². The van der Waals surface area contributed by atoms with Crippen molar-refractivity contribution in [2.75, 3.05) is 25.5 Å². The molecule has 2 aromatic rings. The molecule has 1 atom stereocenters. The molecule has 4 nitrogen and oxygen atoms in total. The Kier molecular flexibility index (Phi) is 5.70. The lowest BCUT2D eigenvalue weighted by atomic mass is 10.0. The summed E-state index contributed by atoms with van der Waals surface area (Å²) < 4.78 is 37.7. The minimum Gasteiger partial charge on any atom is -0.390 e. The van der Waals surface area contributed by atoms with Gasteiger partial charge in [0.2, 0.25) is 0 Å². The van der Waals surface area contributed by atoms with Crippen LogP contribution in [0, 0.1) is 0 Å². The van der Waals surface area contributed by atoms with Crippen LogP contribution in [0.4, 0.5) is 18.9 Å². The largest absolute Gasteiger partial charge is 0.416 e. The molecule has 0 aliphatic carbocycles. The molecule has 7 heteroatoms. The average molecular weight is 377 g/mol. The molecule has 0 spiro atoms. The highest BCUT2D eigenvalue weighted by Crippen LogP contribution is 2.29. The number of halogens is 3. The van der Waals surface area contributed by atoms with Gasteiger partial charge in [-0.3, -0.25) is 0 Å². The van der Waals surface area contributed by atoms with Crippen LogP contribution in [-0.4, -0.2) is 32.5 Å². The van der Waals surface area contributed by atoms with Crippen LogP contribution in [0.2, 0.25) is 0 Å². The van der Waals surface area contributed by atoms with E-state index in [1.165, 1.54) is 12.1 Å². The highest BCUT2D eigenvalue weighted by Gasteiger charge is 2.29. The predicted octanol–water partition coefficient (Wildman–Crippen LogP) is 4.05. The van der Waals surface area contributed by atoms with Gasteiger partial charge in [0.05, 0.1) is 11.3 Å². The molecule has 1 aliphatic rings. The van der Waals surface area contributed by atoms with Crippen LogP contribution in [0.1, 0.15) is 23.1 Å². The number of hydrogen-bond donors (Lipinski definition) is 1. The van der Waals surface area contributed by atoms with Gasteiger partial charge >= 0.3 is 6.18 Å². The van der Waals surface area contributed by atoms with Crippen LogP contribution in [0.25, 0.3) is 0 Å². The van der Waals surface area contributed by atoms with E-state index in [4.69, 9.17) is 4.84 Å². The Balaban J connectivity index is 1.46. The zero-order valence-electron chi connectivity index (χ0n) is 15.3. The van der Waals surface area contributed by atoms with Crippen molar-refractivity contribution in [1.82, 2.24) is 5.32 Å². The van der Waals surface area contributed by atoms with Gasteiger partial charge in [0.25, 0.3) is 0 Å². The van der Waals surface area contributed by atoms with Crippen LogP contribution in [0.15, 0.2) is 53.7 Å². The van der Waals surface area contributed by atoms with E-state index in [0.29, 0.717) is 19.5 Å². The number of alkyl halides is 3. The van der Waals surface area contributed by atoms with Gasteiger partial charge < -0.3 is 15.1 Å². The van der Waals surface area contributed by atoms with E-state index in [0.717, 1.165) is 34.7 Å². The molecule has 0 bridgehead atoms. The molecule has 1 aliphatic heterocycles. The van der Waals surface area contributed by atoms with Crippen molar-refractivity contribution in [2.45, 2.75) is 25.2 Å². The second kappa shape index (κ2) is 8.00. The molecule has 0 amide bonds. The Hall–Kier alpha value is -2.54. The normalized spacial score (nSPS) is 16.8. The number of rotatable bonds is 6. The van der Waals surface area contributed by atoms with Gasteiger partial charge in [-0.25, -0.2) is 0 Å². The summed E-state index contributed by atoms with van der Waals surface area (Å²) in [5.74, 6) is 0.